The highest BCUT2D eigenvalue weighted by molar-refractivity contribution is 6.32. The van der Waals surface area contributed by atoms with E-state index in [1.807, 2.05) is 0 Å². The summed E-state index contributed by atoms with van der Waals surface area (Å²) in [6.45, 7) is 12.8. The van der Waals surface area contributed by atoms with Gasteiger partial charge in [-0.25, -0.2) is 0 Å². The molecule has 1 amide bonds. The van der Waals surface area contributed by atoms with Crippen LogP contribution in [0.3, 0.4) is 0 Å². The maximum atomic E-state index is 12.5. The first-order valence-electron chi connectivity index (χ1n) is 20.5. The van der Waals surface area contributed by atoms with Gasteiger partial charge in [0.2, 0.25) is 11.6 Å². The van der Waals surface area contributed by atoms with E-state index in [1.54, 1.807) is 6.92 Å². The van der Waals surface area contributed by atoms with Crippen LogP contribution in [0.15, 0.2) is 94.7 Å². The number of fused-ring (bicyclic) bond motifs is 2. The zero-order chi connectivity index (χ0) is 40.6. The number of amides is 1. The Morgan fingerprint density at radius 2 is 1.54 bits per heavy atom. The number of nitrogens with zero attached hydrogens (tertiary/aromatic N) is 6. The zero-order valence-electron chi connectivity index (χ0n) is 34.2. The van der Waals surface area contributed by atoms with Crippen molar-refractivity contribution in [2.75, 3.05) is 18.0 Å². The molecule has 300 valence electrons. The van der Waals surface area contributed by atoms with Gasteiger partial charge >= 0.3 is 5.97 Å². The Labute approximate surface area is 342 Å². The number of aliphatic carboxylic acids is 1. The van der Waals surface area contributed by atoms with E-state index in [9.17, 15) is 9.59 Å². The Bertz CT molecular complexity index is 2110. The highest BCUT2D eigenvalue weighted by Crippen LogP contribution is 2.48. The number of benzene rings is 2. The van der Waals surface area contributed by atoms with Gasteiger partial charge in [-0.2, -0.15) is 4.58 Å². The Kier molecular flexibility index (Phi) is 13.5. The topological polar surface area (TPSA) is 124 Å². The minimum atomic E-state index is -0.733. The van der Waals surface area contributed by atoms with Crippen molar-refractivity contribution in [3.63, 3.8) is 0 Å². The maximum absolute atomic E-state index is 12.5. The Hall–Kier alpha value is -4.96. The predicted molar refractivity (Wildman–Crippen MR) is 227 cm³/mol. The summed E-state index contributed by atoms with van der Waals surface area (Å²) in [6.07, 6.45) is 17.7. The fraction of sp³-hybridized carbons (Fsp3) is 0.457. The molecule has 2 aliphatic heterocycles. The molecule has 0 spiro atoms. The number of aryl methyl sites for hydroxylation is 1. The second-order valence-electron chi connectivity index (χ2n) is 16.4. The van der Waals surface area contributed by atoms with Crippen LogP contribution in [0.5, 0.6) is 0 Å². The molecule has 0 bridgehead atoms. The average Bonchev–Trinajstić information content (AvgIpc) is 3.54. The molecule has 0 fully saturated rings. The van der Waals surface area contributed by atoms with Gasteiger partial charge in [0.25, 0.3) is 0 Å². The standard InChI is InChI=1S/C46H56ClN7O3/c1-32-49-51-41(52-50-32)31-48-42(55)23-8-6-14-29-53-37-21-12-10-19-35(37)45(2,3)39(53)27-25-33-17-16-18-34(44(33)47)26-28-40-46(4,5)36-20-11-13-22-38(36)54(40)30-15-7-9-24-43(56)57/h10-13,19-22,25-28H,6-9,14-18,23-24,29-31H2,1-5H3,(H-,48,55,56,57)/p+1. The molecule has 11 heteroatoms. The molecule has 0 saturated heterocycles. The molecule has 6 rings (SSSR count). The lowest BCUT2D eigenvalue weighted by atomic mass is 9.81. The summed E-state index contributed by atoms with van der Waals surface area (Å²) < 4.78 is 2.45. The van der Waals surface area contributed by atoms with Crippen molar-refractivity contribution in [1.29, 1.82) is 0 Å². The van der Waals surface area contributed by atoms with Crippen LogP contribution in [0.4, 0.5) is 11.4 Å². The molecule has 0 atom stereocenters. The van der Waals surface area contributed by atoms with Gasteiger partial charge < -0.3 is 15.3 Å². The summed E-state index contributed by atoms with van der Waals surface area (Å²) in [5, 5.41) is 28.5. The molecule has 0 radical (unpaired) electrons. The van der Waals surface area contributed by atoms with Crippen LogP contribution >= 0.6 is 11.6 Å². The lowest BCUT2D eigenvalue weighted by Crippen LogP contribution is -2.28. The molecule has 3 aliphatic rings. The highest BCUT2D eigenvalue weighted by atomic mass is 35.5. The van der Waals surface area contributed by atoms with Crippen LogP contribution in [0, 0.1) is 6.92 Å². The van der Waals surface area contributed by atoms with Gasteiger partial charge in [-0.1, -0.05) is 80.4 Å². The van der Waals surface area contributed by atoms with E-state index in [4.69, 9.17) is 16.7 Å². The Balaban J connectivity index is 1.16. The minimum absolute atomic E-state index is 0.0244. The number of carboxylic acids is 1. The van der Waals surface area contributed by atoms with Gasteiger partial charge in [-0.15, -0.1) is 20.4 Å². The van der Waals surface area contributed by atoms with E-state index in [-0.39, 0.29) is 29.7 Å². The molecule has 10 nitrogen and oxygen atoms in total. The maximum Gasteiger partial charge on any atom is 0.303 e. The first kappa shape index (κ1) is 41.7. The number of carbonyl (C=O) groups is 2. The number of rotatable bonds is 17. The second-order valence-corrected chi connectivity index (χ2v) is 16.8. The average molecular weight is 791 g/mol. The normalized spacial score (nSPS) is 18.5. The summed E-state index contributed by atoms with van der Waals surface area (Å²) in [6, 6.07) is 17.3. The number of hydrogen-bond donors (Lipinski definition) is 2. The second kappa shape index (κ2) is 18.5. The zero-order valence-corrected chi connectivity index (χ0v) is 34.9. The molecule has 0 saturated carbocycles. The molecule has 0 unspecified atom stereocenters. The van der Waals surface area contributed by atoms with E-state index >= 15 is 0 Å². The van der Waals surface area contributed by atoms with Crippen LogP contribution in [0.2, 0.25) is 0 Å². The first-order valence-corrected chi connectivity index (χ1v) is 20.9. The number of nitrogens with one attached hydrogen (secondary N) is 1. The molecule has 57 heavy (non-hydrogen) atoms. The molecule has 3 heterocycles. The van der Waals surface area contributed by atoms with Crippen molar-refractivity contribution < 1.29 is 19.3 Å². The number of allylic oxidation sites excluding steroid dienone is 8. The number of aromatic nitrogens is 4. The predicted octanol–water partition coefficient (Wildman–Crippen LogP) is 9.31. The Morgan fingerprint density at radius 1 is 0.842 bits per heavy atom. The Morgan fingerprint density at radius 3 is 2.32 bits per heavy atom. The van der Waals surface area contributed by atoms with E-state index in [2.05, 4.69) is 136 Å². The first-order chi connectivity index (χ1) is 27.4. The van der Waals surface area contributed by atoms with Gasteiger partial charge in [-0.3, -0.25) is 9.59 Å². The van der Waals surface area contributed by atoms with Gasteiger partial charge in [0.05, 0.1) is 12.0 Å². The molecule has 1 aliphatic carbocycles. The number of halogens is 1. The molecular formula is C46H57ClN7O3+. The van der Waals surface area contributed by atoms with Gasteiger partial charge in [0, 0.05) is 65.3 Å². The SMILES string of the molecule is Cc1nnc(CNC(=O)CCCCC[N+]2=C(/C=C/C3=C(Cl)C(=C/C=C4/N(CCCCCC(=O)O)c5ccccc5C4(C)C)/CCC3)C(C)(C)c3ccccc32)nn1. The summed E-state index contributed by atoms with van der Waals surface area (Å²) in [7, 11) is 0. The van der Waals surface area contributed by atoms with Crippen molar-refractivity contribution in [2.45, 2.75) is 123 Å². The summed E-state index contributed by atoms with van der Waals surface area (Å²) >= 11 is 7.26. The van der Waals surface area contributed by atoms with E-state index < -0.39 is 5.97 Å². The van der Waals surface area contributed by atoms with Crippen molar-refractivity contribution in [3.05, 3.63) is 117 Å². The van der Waals surface area contributed by atoms with Crippen LogP contribution < -0.4 is 10.2 Å². The van der Waals surface area contributed by atoms with Crippen molar-refractivity contribution in [2.24, 2.45) is 0 Å². The molecule has 2 N–H and O–H groups in total. The third-order valence-electron chi connectivity index (χ3n) is 11.6. The minimum Gasteiger partial charge on any atom is -0.481 e. The lowest BCUT2D eigenvalue weighted by Gasteiger charge is -2.27. The number of hydrogen-bond acceptors (Lipinski definition) is 7. The number of para-hydroxylation sites is 2. The third-order valence-corrected chi connectivity index (χ3v) is 12.0. The van der Waals surface area contributed by atoms with Crippen LogP contribution in [0.25, 0.3) is 0 Å². The molecule has 3 aromatic rings. The largest absolute Gasteiger partial charge is 0.481 e. The highest BCUT2D eigenvalue weighted by Gasteiger charge is 2.44. The fourth-order valence-electron chi connectivity index (χ4n) is 8.42. The monoisotopic (exact) mass is 790 g/mol. The molecular weight excluding hydrogens is 734 g/mol. The molecule has 2 aromatic carbocycles. The summed E-state index contributed by atoms with van der Waals surface area (Å²) in [5.74, 6) is 0.145. The van der Waals surface area contributed by atoms with Gasteiger partial charge in [0.1, 0.15) is 6.54 Å². The van der Waals surface area contributed by atoms with Crippen molar-refractivity contribution >= 4 is 40.6 Å². The van der Waals surface area contributed by atoms with Crippen LogP contribution in [0.1, 0.15) is 121 Å². The van der Waals surface area contributed by atoms with E-state index in [0.29, 0.717) is 24.5 Å². The lowest BCUT2D eigenvalue weighted by molar-refractivity contribution is -0.438. The van der Waals surface area contributed by atoms with Gasteiger partial charge in [0.15, 0.2) is 17.4 Å². The van der Waals surface area contributed by atoms with Gasteiger partial charge in [-0.05, 0) is 94.6 Å². The summed E-state index contributed by atoms with van der Waals surface area (Å²) in [4.78, 5) is 26.0. The van der Waals surface area contributed by atoms with Crippen molar-refractivity contribution in [3.8, 4) is 0 Å². The number of anilines is 1. The number of carbonyl (C=O) groups excluding carboxylic acids is 1. The smallest absolute Gasteiger partial charge is 0.303 e. The fourth-order valence-corrected chi connectivity index (χ4v) is 8.74. The number of unbranched alkanes of at least 4 members (excludes halogenated alkanes) is 4. The number of carboxylic acid groups (broad SMARTS) is 1. The van der Waals surface area contributed by atoms with E-state index in [1.165, 1.54) is 33.9 Å². The third kappa shape index (κ3) is 9.78. The van der Waals surface area contributed by atoms with Crippen molar-refractivity contribution in [1.82, 2.24) is 25.7 Å². The van der Waals surface area contributed by atoms with Crippen LogP contribution in [-0.2, 0) is 27.0 Å². The van der Waals surface area contributed by atoms with Crippen LogP contribution in [-0.4, -0.2) is 60.8 Å². The quantitative estimate of drug-likeness (QED) is 0.102. The summed E-state index contributed by atoms with van der Waals surface area (Å²) in [5.41, 5.74) is 9.54. The molecule has 1 aromatic heterocycles. The van der Waals surface area contributed by atoms with E-state index in [0.717, 1.165) is 80.6 Å².